The molecule has 0 spiro atoms. The van der Waals surface area contributed by atoms with Crippen molar-refractivity contribution in [1.82, 2.24) is 5.32 Å². The van der Waals surface area contributed by atoms with Crippen molar-refractivity contribution in [2.45, 2.75) is 32.9 Å². The Bertz CT molecular complexity index is 246. The first-order valence-corrected chi connectivity index (χ1v) is 4.99. The second-order valence-corrected chi connectivity index (χ2v) is 3.77. The molecule has 1 rings (SSSR count). The van der Waals surface area contributed by atoms with Crippen molar-refractivity contribution in [3.63, 3.8) is 0 Å². The number of ether oxygens (including phenoxy) is 1. The van der Waals surface area contributed by atoms with Crippen LogP contribution in [0.4, 0.5) is 0 Å². The first-order chi connectivity index (χ1) is 6.63. The largest absolute Gasteiger partial charge is 0.488 e. The Hall–Kier alpha value is -1.03. The number of nitrogens with one attached hydrogen (secondary N) is 1. The van der Waals surface area contributed by atoms with Crippen LogP contribution in [0.25, 0.3) is 0 Å². The van der Waals surface area contributed by atoms with E-state index < -0.39 is 0 Å². The summed E-state index contributed by atoms with van der Waals surface area (Å²) in [6.07, 6.45) is 1.61. The minimum Gasteiger partial charge on any atom is -0.488 e. The van der Waals surface area contributed by atoms with Gasteiger partial charge in [-0.3, -0.25) is 4.99 Å². The number of hydrogen-bond donors (Lipinski definition) is 2. The Morgan fingerprint density at radius 2 is 2.43 bits per heavy atom. The molecule has 14 heavy (non-hydrogen) atoms. The highest BCUT2D eigenvalue weighted by Crippen LogP contribution is 2.06. The molecule has 4 nitrogen and oxygen atoms in total. The highest BCUT2D eigenvalue weighted by Gasteiger charge is 2.15. The zero-order valence-corrected chi connectivity index (χ0v) is 9.08. The first kappa shape index (κ1) is 11.0. The number of hydrogen-bond acceptors (Lipinski definition) is 4. The maximum Gasteiger partial charge on any atom is 0.157 e. The minimum absolute atomic E-state index is 0.131. The van der Waals surface area contributed by atoms with Crippen LogP contribution in [0.3, 0.4) is 0 Å². The van der Waals surface area contributed by atoms with E-state index in [4.69, 9.17) is 10.5 Å². The van der Waals surface area contributed by atoms with Crippen molar-refractivity contribution < 1.29 is 4.74 Å². The fourth-order valence-electron chi connectivity index (χ4n) is 1.26. The number of aliphatic imine (C=N–C) groups is 1. The molecule has 1 heterocycles. The van der Waals surface area contributed by atoms with Crippen molar-refractivity contribution in [2.75, 3.05) is 13.1 Å². The second kappa shape index (κ2) is 5.00. The van der Waals surface area contributed by atoms with E-state index in [0.717, 1.165) is 18.8 Å². The van der Waals surface area contributed by atoms with Gasteiger partial charge in [0.1, 0.15) is 0 Å². The van der Waals surface area contributed by atoms with Gasteiger partial charge in [-0.25, -0.2) is 0 Å². The Morgan fingerprint density at radius 3 is 2.86 bits per heavy atom. The lowest BCUT2D eigenvalue weighted by Gasteiger charge is -2.22. The molecule has 1 aliphatic heterocycles. The van der Waals surface area contributed by atoms with Gasteiger partial charge in [0.25, 0.3) is 0 Å². The van der Waals surface area contributed by atoms with Crippen LogP contribution in [0.1, 0.15) is 20.8 Å². The van der Waals surface area contributed by atoms with Crippen molar-refractivity contribution in [3.05, 3.63) is 12.0 Å². The predicted octanol–water partition coefficient (Wildman–Crippen LogP) is 0.644. The van der Waals surface area contributed by atoms with Crippen LogP contribution in [-0.4, -0.2) is 30.9 Å². The molecule has 1 aliphatic rings. The summed E-state index contributed by atoms with van der Waals surface area (Å²) in [6.45, 7) is 7.58. The molecular formula is C10H19N3O. The number of nitrogens with two attached hydrogens (primary N) is 1. The summed E-state index contributed by atoms with van der Waals surface area (Å²) in [7, 11) is 0. The van der Waals surface area contributed by atoms with Crippen molar-refractivity contribution in [1.29, 1.82) is 0 Å². The molecular weight excluding hydrogens is 178 g/mol. The quantitative estimate of drug-likeness (QED) is 0.653. The maximum atomic E-state index is 5.54. The maximum absolute atomic E-state index is 5.54. The molecule has 0 aromatic carbocycles. The molecule has 4 heteroatoms. The average molecular weight is 197 g/mol. The fourth-order valence-corrected chi connectivity index (χ4v) is 1.26. The van der Waals surface area contributed by atoms with Crippen LogP contribution in [0.5, 0.6) is 0 Å². The van der Waals surface area contributed by atoms with Gasteiger partial charge in [-0.15, -0.1) is 0 Å². The zero-order chi connectivity index (χ0) is 10.6. The van der Waals surface area contributed by atoms with E-state index in [0.29, 0.717) is 11.8 Å². The topological polar surface area (TPSA) is 59.6 Å². The van der Waals surface area contributed by atoms with Crippen molar-refractivity contribution >= 4 is 5.71 Å². The van der Waals surface area contributed by atoms with E-state index in [1.54, 1.807) is 0 Å². The van der Waals surface area contributed by atoms with Gasteiger partial charge in [-0.05, 0) is 20.8 Å². The number of rotatable bonds is 3. The summed E-state index contributed by atoms with van der Waals surface area (Å²) < 4.78 is 5.54. The molecule has 0 aromatic heterocycles. The smallest absolute Gasteiger partial charge is 0.157 e. The number of nitrogens with zero attached hydrogens (tertiary/aromatic N) is 1. The van der Waals surface area contributed by atoms with Crippen LogP contribution in [-0.2, 0) is 4.74 Å². The Kier molecular flexibility index (Phi) is 3.95. The van der Waals surface area contributed by atoms with Gasteiger partial charge < -0.3 is 15.8 Å². The molecule has 0 aromatic rings. The lowest BCUT2D eigenvalue weighted by atomic mass is 10.2. The molecule has 0 fully saturated rings. The third-order valence-corrected chi connectivity index (χ3v) is 1.97. The van der Waals surface area contributed by atoms with Crippen LogP contribution in [0, 0.1) is 0 Å². The molecule has 0 amide bonds. The standard InChI is InChI=1S/C10H19N3O/c1-7(2)14-10(4-11)9-6-12-8(3)5-13-9/h4,7-8,12H,5-6,11H2,1-3H3. The Morgan fingerprint density at radius 1 is 1.71 bits per heavy atom. The summed E-state index contributed by atoms with van der Waals surface area (Å²) in [4.78, 5) is 4.42. The van der Waals surface area contributed by atoms with Crippen LogP contribution in [0.2, 0.25) is 0 Å². The SMILES string of the molecule is CC1CN=C(C(=CN)OC(C)C)CN1. The Labute approximate surface area is 85.2 Å². The third kappa shape index (κ3) is 3.03. The summed E-state index contributed by atoms with van der Waals surface area (Å²) in [5.74, 6) is 0.694. The van der Waals surface area contributed by atoms with Gasteiger partial charge in [0.2, 0.25) is 0 Å². The van der Waals surface area contributed by atoms with E-state index >= 15 is 0 Å². The van der Waals surface area contributed by atoms with Gasteiger partial charge in [0, 0.05) is 18.8 Å². The zero-order valence-electron chi connectivity index (χ0n) is 9.08. The average Bonchev–Trinajstić information content (AvgIpc) is 2.15. The van der Waals surface area contributed by atoms with Gasteiger partial charge in [-0.1, -0.05) is 0 Å². The van der Waals surface area contributed by atoms with E-state index in [-0.39, 0.29) is 6.10 Å². The van der Waals surface area contributed by atoms with E-state index in [1.807, 2.05) is 13.8 Å². The minimum atomic E-state index is 0.131. The summed E-state index contributed by atoms with van der Waals surface area (Å²) >= 11 is 0. The van der Waals surface area contributed by atoms with Gasteiger partial charge >= 0.3 is 0 Å². The fraction of sp³-hybridized carbons (Fsp3) is 0.700. The van der Waals surface area contributed by atoms with Crippen molar-refractivity contribution in [3.8, 4) is 0 Å². The van der Waals surface area contributed by atoms with Crippen LogP contribution in [0.15, 0.2) is 17.0 Å². The second-order valence-electron chi connectivity index (χ2n) is 3.77. The molecule has 0 bridgehead atoms. The monoisotopic (exact) mass is 197 g/mol. The normalized spacial score (nSPS) is 23.6. The molecule has 1 unspecified atom stereocenters. The van der Waals surface area contributed by atoms with E-state index in [9.17, 15) is 0 Å². The molecule has 3 N–H and O–H groups in total. The molecule has 80 valence electrons. The lowest BCUT2D eigenvalue weighted by Crippen LogP contribution is -2.39. The Balaban J connectivity index is 2.62. The highest BCUT2D eigenvalue weighted by atomic mass is 16.5. The summed E-state index contributed by atoms with van der Waals surface area (Å²) in [5, 5.41) is 3.31. The van der Waals surface area contributed by atoms with E-state index in [2.05, 4.69) is 17.2 Å². The first-order valence-electron chi connectivity index (χ1n) is 4.99. The van der Waals surface area contributed by atoms with E-state index in [1.165, 1.54) is 6.20 Å². The molecule has 0 aliphatic carbocycles. The summed E-state index contributed by atoms with van der Waals surface area (Å²) in [5.41, 5.74) is 6.41. The van der Waals surface area contributed by atoms with Gasteiger partial charge in [0.05, 0.1) is 18.4 Å². The summed E-state index contributed by atoms with van der Waals surface area (Å²) in [6, 6.07) is 0.442. The van der Waals surface area contributed by atoms with Gasteiger partial charge in [0.15, 0.2) is 5.76 Å². The third-order valence-electron chi connectivity index (χ3n) is 1.97. The van der Waals surface area contributed by atoms with Crippen LogP contribution >= 0.6 is 0 Å². The molecule has 1 atom stereocenters. The predicted molar refractivity (Wildman–Crippen MR) is 58.3 cm³/mol. The molecule has 0 saturated heterocycles. The lowest BCUT2D eigenvalue weighted by molar-refractivity contribution is 0.162. The molecule has 0 saturated carbocycles. The van der Waals surface area contributed by atoms with Crippen LogP contribution < -0.4 is 11.1 Å². The molecule has 0 radical (unpaired) electrons. The highest BCUT2D eigenvalue weighted by molar-refractivity contribution is 6.00. The van der Waals surface area contributed by atoms with Crippen molar-refractivity contribution in [2.24, 2.45) is 10.7 Å². The van der Waals surface area contributed by atoms with Gasteiger partial charge in [-0.2, -0.15) is 0 Å².